The van der Waals surface area contributed by atoms with Crippen LogP contribution in [0, 0.1) is 5.82 Å². The maximum Gasteiger partial charge on any atom is 0.123 e. The van der Waals surface area contributed by atoms with Crippen LogP contribution in [-0.4, -0.2) is 44.6 Å². The van der Waals surface area contributed by atoms with Crippen molar-refractivity contribution in [3.8, 4) is 11.3 Å². The number of aryl methyl sites for hydroxylation is 1. The molecule has 1 atom stereocenters. The first kappa shape index (κ1) is 16.0. The van der Waals surface area contributed by atoms with Gasteiger partial charge in [0.15, 0.2) is 0 Å². The minimum atomic E-state index is -0.239. The van der Waals surface area contributed by atoms with Crippen molar-refractivity contribution in [2.45, 2.75) is 12.6 Å². The van der Waals surface area contributed by atoms with Crippen molar-refractivity contribution in [3.05, 3.63) is 59.8 Å². The van der Waals surface area contributed by atoms with Crippen LogP contribution in [0.2, 0.25) is 0 Å². The van der Waals surface area contributed by atoms with E-state index in [1.165, 1.54) is 12.1 Å². The Bertz CT molecular complexity index is 841. The first-order chi connectivity index (χ1) is 12.2. The van der Waals surface area contributed by atoms with Crippen LogP contribution in [0.5, 0.6) is 0 Å². The van der Waals surface area contributed by atoms with Gasteiger partial charge in [-0.25, -0.2) is 4.39 Å². The van der Waals surface area contributed by atoms with E-state index in [4.69, 9.17) is 4.74 Å². The average molecular weight is 341 g/mol. The van der Waals surface area contributed by atoms with Gasteiger partial charge in [0.2, 0.25) is 0 Å². The lowest BCUT2D eigenvalue weighted by Crippen LogP contribution is -2.37. The van der Waals surface area contributed by atoms with Gasteiger partial charge in [0.05, 0.1) is 30.8 Å². The number of rotatable bonds is 4. The molecule has 0 saturated carbocycles. The molecule has 3 aromatic rings. The molecular formula is C18H20FN5O. The first-order valence-electron chi connectivity index (χ1n) is 8.30. The summed E-state index contributed by atoms with van der Waals surface area (Å²) < 4.78 is 20.8. The van der Waals surface area contributed by atoms with E-state index in [9.17, 15) is 4.39 Å². The number of nitrogens with one attached hydrogen (secondary N) is 1. The number of hydrogen-bond acceptors (Lipinski definition) is 4. The van der Waals surface area contributed by atoms with Crippen LogP contribution in [0.4, 0.5) is 4.39 Å². The highest BCUT2D eigenvalue weighted by Gasteiger charge is 2.24. The van der Waals surface area contributed by atoms with Crippen molar-refractivity contribution in [2.24, 2.45) is 7.05 Å². The van der Waals surface area contributed by atoms with E-state index in [1.54, 1.807) is 16.8 Å². The zero-order valence-corrected chi connectivity index (χ0v) is 14.0. The third-order valence-electron chi connectivity index (χ3n) is 4.49. The zero-order valence-electron chi connectivity index (χ0n) is 14.0. The predicted molar refractivity (Wildman–Crippen MR) is 91.2 cm³/mol. The normalized spacial score (nSPS) is 18.6. The van der Waals surface area contributed by atoms with Crippen LogP contribution >= 0.6 is 0 Å². The van der Waals surface area contributed by atoms with Gasteiger partial charge in [-0.3, -0.25) is 14.7 Å². The lowest BCUT2D eigenvalue weighted by atomic mass is 10.1. The maximum atomic E-state index is 13.2. The monoisotopic (exact) mass is 341 g/mol. The molecule has 25 heavy (non-hydrogen) atoms. The van der Waals surface area contributed by atoms with Gasteiger partial charge in [0, 0.05) is 49.6 Å². The van der Waals surface area contributed by atoms with E-state index in [0.717, 1.165) is 42.0 Å². The Hall–Kier alpha value is -2.51. The molecular weight excluding hydrogens is 321 g/mol. The zero-order chi connectivity index (χ0) is 17.2. The van der Waals surface area contributed by atoms with Crippen LogP contribution < -0.4 is 0 Å². The number of ether oxygens (including phenoxy) is 1. The van der Waals surface area contributed by atoms with Crippen molar-refractivity contribution in [3.63, 3.8) is 0 Å². The summed E-state index contributed by atoms with van der Waals surface area (Å²) in [6.45, 7) is 3.12. The Kier molecular flexibility index (Phi) is 4.33. The molecule has 0 unspecified atom stereocenters. The van der Waals surface area contributed by atoms with E-state index in [0.29, 0.717) is 6.61 Å². The Labute approximate surface area is 145 Å². The number of aromatic nitrogens is 4. The van der Waals surface area contributed by atoms with Gasteiger partial charge < -0.3 is 4.74 Å². The number of H-pyrrole nitrogens is 1. The molecule has 2 aromatic heterocycles. The van der Waals surface area contributed by atoms with E-state index in [1.807, 2.05) is 25.6 Å². The fraction of sp³-hybridized carbons (Fsp3) is 0.333. The summed E-state index contributed by atoms with van der Waals surface area (Å²) in [6, 6.07) is 6.47. The molecule has 1 saturated heterocycles. The summed E-state index contributed by atoms with van der Waals surface area (Å²) in [4.78, 5) is 2.35. The lowest BCUT2D eigenvalue weighted by molar-refractivity contribution is -0.0329. The third-order valence-corrected chi connectivity index (χ3v) is 4.49. The fourth-order valence-corrected chi connectivity index (χ4v) is 3.19. The van der Waals surface area contributed by atoms with Crippen LogP contribution in [-0.2, 0) is 18.3 Å². The Balaban J connectivity index is 1.49. The smallest absolute Gasteiger partial charge is 0.123 e. The molecule has 0 aliphatic carbocycles. The van der Waals surface area contributed by atoms with Gasteiger partial charge >= 0.3 is 0 Å². The van der Waals surface area contributed by atoms with E-state index in [2.05, 4.69) is 20.2 Å². The molecule has 0 radical (unpaired) electrons. The highest BCUT2D eigenvalue weighted by molar-refractivity contribution is 5.62. The Morgan fingerprint density at radius 2 is 2.12 bits per heavy atom. The molecule has 4 rings (SSSR count). The molecule has 3 heterocycles. The topological polar surface area (TPSA) is 59.0 Å². The summed E-state index contributed by atoms with van der Waals surface area (Å²) in [7, 11) is 1.91. The standard InChI is InChI=1S/C18H20FN5O/c1-23-10-14(9-21-23)17-12-24(6-7-25-17)11-15-8-20-22-18(15)13-2-4-16(19)5-3-13/h2-5,8-10,17H,6-7,11-12H2,1H3,(H,20,22)/t17-/m0/s1. The SMILES string of the molecule is Cn1cc([C@@H]2CN(Cc3cn[nH]c3-c3ccc(F)cc3)CCO2)cn1. The molecule has 0 spiro atoms. The number of aromatic amines is 1. The highest BCUT2D eigenvalue weighted by atomic mass is 19.1. The second kappa shape index (κ2) is 6.78. The van der Waals surface area contributed by atoms with Gasteiger partial charge in [0.25, 0.3) is 0 Å². The first-order valence-corrected chi connectivity index (χ1v) is 8.30. The second-order valence-corrected chi connectivity index (χ2v) is 6.32. The van der Waals surface area contributed by atoms with Crippen LogP contribution in [0.25, 0.3) is 11.3 Å². The van der Waals surface area contributed by atoms with Gasteiger partial charge in [-0.05, 0) is 24.3 Å². The summed E-state index contributed by atoms with van der Waals surface area (Å²) in [5.74, 6) is -0.239. The average Bonchev–Trinajstić information content (AvgIpc) is 3.25. The van der Waals surface area contributed by atoms with Gasteiger partial charge in [-0.15, -0.1) is 0 Å². The summed E-state index contributed by atoms with van der Waals surface area (Å²) in [5, 5.41) is 11.4. The molecule has 0 amide bonds. The summed E-state index contributed by atoms with van der Waals surface area (Å²) in [5.41, 5.74) is 4.06. The third kappa shape index (κ3) is 3.47. The molecule has 1 aliphatic rings. The van der Waals surface area contributed by atoms with Crippen molar-refractivity contribution in [1.82, 2.24) is 24.9 Å². The van der Waals surface area contributed by atoms with Crippen molar-refractivity contribution < 1.29 is 9.13 Å². The van der Waals surface area contributed by atoms with Gasteiger partial charge in [-0.2, -0.15) is 10.2 Å². The largest absolute Gasteiger partial charge is 0.371 e. The predicted octanol–water partition coefficient (Wildman–Crippen LogP) is 2.52. The number of hydrogen-bond donors (Lipinski definition) is 1. The highest BCUT2D eigenvalue weighted by Crippen LogP contribution is 2.26. The number of halogens is 1. The van der Waals surface area contributed by atoms with Crippen LogP contribution in [0.15, 0.2) is 42.9 Å². The quantitative estimate of drug-likeness (QED) is 0.792. The van der Waals surface area contributed by atoms with Crippen LogP contribution in [0.3, 0.4) is 0 Å². The van der Waals surface area contributed by atoms with Gasteiger partial charge in [0.1, 0.15) is 5.82 Å². The molecule has 1 aromatic carbocycles. The van der Waals surface area contributed by atoms with Gasteiger partial charge in [-0.1, -0.05) is 0 Å². The van der Waals surface area contributed by atoms with E-state index in [-0.39, 0.29) is 11.9 Å². The fourth-order valence-electron chi connectivity index (χ4n) is 3.19. The van der Waals surface area contributed by atoms with Crippen molar-refractivity contribution in [1.29, 1.82) is 0 Å². The Morgan fingerprint density at radius 1 is 1.28 bits per heavy atom. The number of benzene rings is 1. The van der Waals surface area contributed by atoms with E-state index >= 15 is 0 Å². The number of nitrogens with zero attached hydrogens (tertiary/aromatic N) is 4. The minimum Gasteiger partial charge on any atom is -0.371 e. The summed E-state index contributed by atoms with van der Waals surface area (Å²) >= 11 is 0. The van der Waals surface area contributed by atoms with Crippen molar-refractivity contribution >= 4 is 0 Å². The molecule has 0 bridgehead atoms. The second-order valence-electron chi connectivity index (χ2n) is 6.32. The molecule has 1 N–H and O–H groups in total. The van der Waals surface area contributed by atoms with Crippen molar-refractivity contribution in [2.75, 3.05) is 19.7 Å². The molecule has 6 nitrogen and oxygen atoms in total. The van der Waals surface area contributed by atoms with E-state index < -0.39 is 0 Å². The summed E-state index contributed by atoms with van der Waals surface area (Å²) in [6.07, 6.45) is 5.72. The minimum absolute atomic E-state index is 0.0311. The molecule has 7 heteroatoms. The van der Waals surface area contributed by atoms with Crippen LogP contribution in [0.1, 0.15) is 17.2 Å². The lowest BCUT2D eigenvalue weighted by Gasteiger charge is -2.32. The number of morpholine rings is 1. The Morgan fingerprint density at radius 3 is 2.88 bits per heavy atom. The molecule has 1 aliphatic heterocycles. The maximum absolute atomic E-state index is 13.2. The molecule has 130 valence electrons. The molecule has 1 fully saturated rings.